The number of carbonyl (C=O) groups excluding carboxylic acids is 4. The standard InChI is InChI=1S/C26H25NO7/c1-11-7-17(28)16-10-15-13(5-6-14-21(15)26(32)27(2)25(14)31)20(22(16)23(11)29)12-8-18(33-3)24(30)19(9-12)34-4/h5,7-9,14-15,20-21,30H,6,10H2,1-4H3/t14-,15+,20-,21-/m0/s1. The Bertz CT molecular complexity index is 1240. The first-order chi connectivity index (χ1) is 16.2. The zero-order valence-electron chi connectivity index (χ0n) is 19.4. The van der Waals surface area contributed by atoms with Gasteiger partial charge in [0.05, 0.1) is 26.1 Å². The second kappa shape index (κ2) is 7.68. The molecule has 8 nitrogen and oxygen atoms in total. The highest BCUT2D eigenvalue weighted by molar-refractivity contribution is 6.23. The second-order valence-corrected chi connectivity index (χ2v) is 9.24. The largest absolute Gasteiger partial charge is 0.502 e. The minimum absolute atomic E-state index is 0.168. The summed E-state index contributed by atoms with van der Waals surface area (Å²) in [5.74, 6) is -2.85. The molecule has 4 aliphatic rings. The normalized spacial score (nSPS) is 28.3. The summed E-state index contributed by atoms with van der Waals surface area (Å²) >= 11 is 0. The number of carbonyl (C=O) groups is 4. The van der Waals surface area contributed by atoms with Crippen molar-refractivity contribution in [3.63, 3.8) is 0 Å². The van der Waals surface area contributed by atoms with Crippen molar-refractivity contribution in [2.75, 3.05) is 21.3 Å². The van der Waals surface area contributed by atoms with Crippen molar-refractivity contribution in [3.8, 4) is 17.2 Å². The molecule has 176 valence electrons. The molecule has 5 rings (SSSR count). The van der Waals surface area contributed by atoms with E-state index in [1.165, 1.54) is 32.2 Å². The topological polar surface area (TPSA) is 110 Å². The number of rotatable bonds is 3. The van der Waals surface area contributed by atoms with Gasteiger partial charge in [-0.05, 0) is 49.5 Å². The van der Waals surface area contributed by atoms with Crippen LogP contribution in [0.1, 0.15) is 31.2 Å². The van der Waals surface area contributed by atoms with Gasteiger partial charge in [-0.3, -0.25) is 24.1 Å². The van der Waals surface area contributed by atoms with E-state index in [-0.39, 0.29) is 47.1 Å². The van der Waals surface area contributed by atoms with Crippen LogP contribution < -0.4 is 9.47 Å². The van der Waals surface area contributed by atoms with Crippen LogP contribution in [0.15, 0.2) is 46.6 Å². The lowest BCUT2D eigenvalue weighted by molar-refractivity contribution is -0.138. The molecule has 4 atom stereocenters. The molecule has 0 unspecified atom stereocenters. The molecule has 0 saturated carbocycles. The summed E-state index contributed by atoms with van der Waals surface area (Å²) in [6.07, 6.45) is 3.90. The van der Waals surface area contributed by atoms with E-state index in [1.54, 1.807) is 19.1 Å². The Labute approximate surface area is 196 Å². The number of hydrogen-bond acceptors (Lipinski definition) is 7. The van der Waals surface area contributed by atoms with Gasteiger partial charge < -0.3 is 14.6 Å². The number of allylic oxidation sites excluding steroid dienone is 6. The van der Waals surface area contributed by atoms with E-state index >= 15 is 0 Å². The van der Waals surface area contributed by atoms with Gasteiger partial charge >= 0.3 is 0 Å². The molecule has 1 N–H and O–H groups in total. The Morgan fingerprint density at radius 3 is 2.26 bits per heavy atom. The average molecular weight is 463 g/mol. The molecule has 8 heteroatoms. The molecule has 3 aliphatic carbocycles. The summed E-state index contributed by atoms with van der Waals surface area (Å²) in [6, 6.07) is 3.25. The van der Waals surface area contributed by atoms with Crippen LogP contribution in [0.3, 0.4) is 0 Å². The van der Waals surface area contributed by atoms with Crippen molar-refractivity contribution in [3.05, 3.63) is 52.1 Å². The number of imide groups is 1. The van der Waals surface area contributed by atoms with Gasteiger partial charge in [0.2, 0.25) is 17.6 Å². The monoisotopic (exact) mass is 463 g/mol. The van der Waals surface area contributed by atoms with E-state index in [1.807, 2.05) is 6.08 Å². The van der Waals surface area contributed by atoms with Crippen LogP contribution in [0.5, 0.6) is 17.2 Å². The van der Waals surface area contributed by atoms with E-state index in [0.29, 0.717) is 28.7 Å². The highest BCUT2D eigenvalue weighted by Gasteiger charge is 2.55. The third-order valence-electron chi connectivity index (χ3n) is 7.62. The lowest BCUT2D eigenvalue weighted by Gasteiger charge is -2.42. The zero-order valence-corrected chi connectivity index (χ0v) is 19.4. The lowest BCUT2D eigenvalue weighted by atomic mass is 9.59. The number of likely N-dealkylation sites (tertiary alicyclic amines) is 1. The lowest BCUT2D eigenvalue weighted by Crippen LogP contribution is -2.39. The Kier molecular flexibility index (Phi) is 5.00. The molecule has 1 fully saturated rings. The fourth-order valence-electron chi connectivity index (χ4n) is 5.98. The highest BCUT2D eigenvalue weighted by Crippen LogP contribution is 2.56. The Hall–Kier alpha value is -3.68. The smallest absolute Gasteiger partial charge is 0.233 e. The van der Waals surface area contributed by atoms with Crippen LogP contribution in [0.2, 0.25) is 0 Å². The molecular weight excluding hydrogens is 438 g/mol. The van der Waals surface area contributed by atoms with Crippen LogP contribution in [0.4, 0.5) is 0 Å². The fraction of sp³-hybridized carbons (Fsp3) is 0.385. The minimum atomic E-state index is -0.632. The Morgan fingerprint density at radius 2 is 1.65 bits per heavy atom. The first-order valence-corrected chi connectivity index (χ1v) is 11.2. The first-order valence-electron chi connectivity index (χ1n) is 11.2. The maximum Gasteiger partial charge on any atom is 0.233 e. The van der Waals surface area contributed by atoms with Crippen molar-refractivity contribution in [1.82, 2.24) is 4.90 Å². The van der Waals surface area contributed by atoms with Gasteiger partial charge in [-0.2, -0.15) is 0 Å². The summed E-state index contributed by atoms with van der Waals surface area (Å²) < 4.78 is 10.7. The maximum absolute atomic E-state index is 13.4. The SMILES string of the molecule is COc1cc([C@H]2C3=CC[C@@H]4C(=O)N(C)C(=O)[C@@H]4[C@@H]3CC3=C2C(=O)C(C)=CC3=O)cc(OC)c1O. The summed E-state index contributed by atoms with van der Waals surface area (Å²) in [7, 11) is 4.32. The molecule has 0 aromatic heterocycles. The minimum Gasteiger partial charge on any atom is -0.502 e. The molecule has 1 heterocycles. The number of ether oxygens (including phenoxy) is 2. The van der Waals surface area contributed by atoms with E-state index in [9.17, 15) is 24.3 Å². The molecule has 0 bridgehead atoms. The first kappa shape index (κ1) is 22.1. The number of hydrogen-bond donors (Lipinski definition) is 1. The average Bonchev–Trinajstić information content (AvgIpc) is 3.05. The Balaban J connectivity index is 1.75. The third-order valence-corrected chi connectivity index (χ3v) is 7.62. The van der Waals surface area contributed by atoms with Crippen LogP contribution in [0.25, 0.3) is 0 Å². The number of benzene rings is 1. The third kappa shape index (κ3) is 2.90. The van der Waals surface area contributed by atoms with Crippen molar-refractivity contribution < 1.29 is 33.8 Å². The summed E-state index contributed by atoms with van der Waals surface area (Å²) in [6.45, 7) is 1.62. The van der Waals surface area contributed by atoms with E-state index < -0.39 is 23.7 Å². The fourth-order valence-corrected chi connectivity index (χ4v) is 5.98. The van der Waals surface area contributed by atoms with Gasteiger partial charge in [-0.1, -0.05) is 11.6 Å². The van der Waals surface area contributed by atoms with Crippen LogP contribution >= 0.6 is 0 Å². The number of ketones is 2. The van der Waals surface area contributed by atoms with Crippen LogP contribution in [-0.2, 0) is 19.2 Å². The molecule has 34 heavy (non-hydrogen) atoms. The molecule has 1 aromatic carbocycles. The van der Waals surface area contributed by atoms with Gasteiger partial charge in [-0.15, -0.1) is 0 Å². The van der Waals surface area contributed by atoms with E-state index in [2.05, 4.69) is 0 Å². The summed E-state index contributed by atoms with van der Waals surface area (Å²) in [5, 5.41) is 10.4. The Morgan fingerprint density at radius 1 is 1.00 bits per heavy atom. The molecule has 1 aliphatic heterocycles. The zero-order chi connectivity index (χ0) is 24.5. The van der Waals surface area contributed by atoms with E-state index in [4.69, 9.17) is 9.47 Å². The number of amides is 2. The van der Waals surface area contributed by atoms with Crippen LogP contribution in [-0.4, -0.2) is 54.7 Å². The van der Waals surface area contributed by atoms with Crippen molar-refractivity contribution >= 4 is 23.4 Å². The van der Waals surface area contributed by atoms with Gasteiger partial charge in [0.15, 0.2) is 23.1 Å². The second-order valence-electron chi connectivity index (χ2n) is 9.24. The highest BCUT2D eigenvalue weighted by atomic mass is 16.5. The number of nitrogens with zero attached hydrogens (tertiary/aromatic N) is 1. The maximum atomic E-state index is 13.4. The molecular formula is C26H25NO7. The van der Waals surface area contributed by atoms with Crippen molar-refractivity contribution in [1.29, 1.82) is 0 Å². The quantitative estimate of drug-likeness (QED) is 0.417. The summed E-state index contributed by atoms with van der Waals surface area (Å²) in [4.78, 5) is 53.4. The van der Waals surface area contributed by atoms with Gasteiger partial charge in [0, 0.05) is 29.7 Å². The van der Waals surface area contributed by atoms with E-state index in [0.717, 1.165) is 5.57 Å². The van der Waals surface area contributed by atoms with Gasteiger partial charge in [0.25, 0.3) is 0 Å². The molecule has 1 aromatic rings. The number of aromatic hydroxyl groups is 1. The predicted octanol–water partition coefficient (Wildman–Crippen LogP) is 2.47. The molecule has 0 spiro atoms. The molecule has 1 saturated heterocycles. The number of Topliss-reactive ketones (excluding diaryl/α,β-unsaturated/α-hetero) is 1. The van der Waals surface area contributed by atoms with Crippen LogP contribution in [0, 0.1) is 17.8 Å². The van der Waals surface area contributed by atoms with Crippen molar-refractivity contribution in [2.45, 2.75) is 25.7 Å². The number of phenolic OH excluding ortho intramolecular Hbond substituents is 1. The van der Waals surface area contributed by atoms with Gasteiger partial charge in [-0.25, -0.2) is 0 Å². The summed E-state index contributed by atoms with van der Waals surface area (Å²) in [5.41, 5.74) is 2.55. The number of methoxy groups -OCH3 is 2. The number of phenols is 1. The predicted molar refractivity (Wildman–Crippen MR) is 120 cm³/mol. The van der Waals surface area contributed by atoms with Gasteiger partial charge in [0.1, 0.15) is 0 Å². The molecule has 0 radical (unpaired) electrons. The molecule has 2 amide bonds. The van der Waals surface area contributed by atoms with Crippen molar-refractivity contribution in [2.24, 2.45) is 17.8 Å². The number of fused-ring (bicyclic) bond motifs is 3.